The number of carbonyl (C=O) groups is 3. The highest BCUT2D eigenvalue weighted by atomic mass is 16.2. The molecule has 0 N–H and O–H groups in total. The van der Waals surface area contributed by atoms with Crippen LogP contribution in [0.2, 0.25) is 0 Å². The number of amides is 2. The molecule has 2 aromatic rings. The summed E-state index contributed by atoms with van der Waals surface area (Å²) < 4.78 is 0. The Morgan fingerprint density at radius 1 is 0.735 bits per heavy atom. The maximum Gasteiger partial charge on any atom is 0.234 e. The number of hydrogen-bond acceptors (Lipinski definition) is 4. The standard InChI is InChI=1S/C29H32N2O3/c1-5-28-21(19-13-9-7-10-14-19)22(20-15-11-8-12-16-20)29(6-2,27(28)34)24-23(28)25(32)31(26(24)33)18-17-30(3)4/h7-16,23-24H,5-6,17-18H2,1-4H3. The molecule has 0 radical (unpaired) electrons. The fourth-order valence-corrected chi connectivity index (χ4v) is 7.03. The molecular weight excluding hydrogens is 424 g/mol. The topological polar surface area (TPSA) is 57.7 Å². The Kier molecular flexibility index (Phi) is 5.36. The number of likely N-dealkylation sites (N-methyl/N-ethyl adjacent to an activating group) is 1. The zero-order valence-electron chi connectivity index (χ0n) is 20.4. The van der Waals surface area contributed by atoms with Gasteiger partial charge >= 0.3 is 0 Å². The second-order valence-corrected chi connectivity index (χ2v) is 10.0. The summed E-state index contributed by atoms with van der Waals surface area (Å²) in [5.41, 5.74) is 1.85. The van der Waals surface area contributed by atoms with E-state index in [2.05, 4.69) is 0 Å². The van der Waals surface area contributed by atoms with Crippen LogP contribution in [0.25, 0.3) is 11.1 Å². The molecule has 5 rings (SSSR count). The van der Waals surface area contributed by atoms with Gasteiger partial charge in [0.1, 0.15) is 0 Å². The van der Waals surface area contributed by atoms with E-state index in [1.807, 2.05) is 93.5 Å². The molecule has 1 saturated heterocycles. The maximum atomic E-state index is 14.5. The van der Waals surface area contributed by atoms with Gasteiger partial charge < -0.3 is 4.90 Å². The van der Waals surface area contributed by atoms with Crippen molar-refractivity contribution in [3.8, 4) is 0 Å². The van der Waals surface area contributed by atoms with Gasteiger partial charge in [0.2, 0.25) is 11.8 Å². The number of carbonyl (C=O) groups excluding carboxylic acids is 3. The van der Waals surface area contributed by atoms with Gasteiger partial charge in [0.05, 0.1) is 22.7 Å². The van der Waals surface area contributed by atoms with Crippen molar-refractivity contribution >= 4 is 28.7 Å². The van der Waals surface area contributed by atoms with E-state index in [1.165, 1.54) is 4.90 Å². The lowest BCUT2D eigenvalue weighted by Gasteiger charge is -2.38. The number of Topliss-reactive ketones (excluding diaryl/α,β-unsaturated/α-hetero) is 1. The largest absolute Gasteiger partial charge is 0.308 e. The lowest BCUT2D eigenvalue weighted by molar-refractivity contribution is -0.145. The first-order valence-electron chi connectivity index (χ1n) is 12.3. The van der Waals surface area contributed by atoms with Gasteiger partial charge in [-0.15, -0.1) is 0 Å². The van der Waals surface area contributed by atoms with Crippen LogP contribution in [-0.4, -0.2) is 54.6 Å². The highest BCUT2D eigenvalue weighted by molar-refractivity contribution is 6.29. The van der Waals surface area contributed by atoms with Crippen LogP contribution < -0.4 is 0 Å². The predicted molar refractivity (Wildman–Crippen MR) is 132 cm³/mol. The van der Waals surface area contributed by atoms with Crippen molar-refractivity contribution in [3.05, 3.63) is 71.8 Å². The molecule has 1 saturated carbocycles. The van der Waals surface area contributed by atoms with Crippen LogP contribution in [-0.2, 0) is 14.4 Å². The van der Waals surface area contributed by atoms with Crippen molar-refractivity contribution in [2.75, 3.05) is 27.2 Å². The third-order valence-electron chi connectivity index (χ3n) is 8.42. The second kappa shape index (κ2) is 8.02. The van der Waals surface area contributed by atoms with E-state index in [0.29, 0.717) is 25.9 Å². The fraction of sp³-hybridized carbons (Fsp3) is 0.414. The molecule has 2 aliphatic carbocycles. The van der Waals surface area contributed by atoms with Gasteiger partial charge in [-0.3, -0.25) is 19.3 Å². The van der Waals surface area contributed by atoms with E-state index < -0.39 is 22.7 Å². The van der Waals surface area contributed by atoms with Gasteiger partial charge in [-0.1, -0.05) is 74.5 Å². The van der Waals surface area contributed by atoms with Crippen LogP contribution in [0.1, 0.15) is 37.8 Å². The summed E-state index contributed by atoms with van der Waals surface area (Å²) in [6.07, 6.45) is 0.992. The molecule has 34 heavy (non-hydrogen) atoms. The molecule has 0 spiro atoms. The second-order valence-electron chi connectivity index (χ2n) is 10.0. The molecule has 4 unspecified atom stereocenters. The molecule has 5 nitrogen and oxygen atoms in total. The number of allylic oxidation sites excluding steroid dienone is 2. The molecule has 2 bridgehead atoms. The minimum absolute atomic E-state index is 0.0617. The summed E-state index contributed by atoms with van der Waals surface area (Å²) in [5.74, 6) is -1.57. The van der Waals surface area contributed by atoms with E-state index in [-0.39, 0.29) is 17.6 Å². The van der Waals surface area contributed by atoms with Gasteiger partial charge in [0, 0.05) is 13.1 Å². The summed E-state index contributed by atoms with van der Waals surface area (Å²) in [6.45, 7) is 4.95. The lowest BCUT2D eigenvalue weighted by Crippen LogP contribution is -2.43. The van der Waals surface area contributed by atoms with Crippen LogP contribution in [0.15, 0.2) is 60.7 Å². The molecule has 1 heterocycles. The number of benzene rings is 2. The van der Waals surface area contributed by atoms with Crippen LogP contribution in [0.3, 0.4) is 0 Å². The molecule has 2 amide bonds. The number of rotatable bonds is 7. The van der Waals surface area contributed by atoms with Crippen molar-refractivity contribution in [3.63, 3.8) is 0 Å². The Bertz CT molecular complexity index is 1100. The highest BCUT2D eigenvalue weighted by Crippen LogP contribution is 2.75. The van der Waals surface area contributed by atoms with Crippen molar-refractivity contribution in [1.29, 1.82) is 0 Å². The maximum absolute atomic E-state index is 14.5. The molecule has 0 aromatic heterocycles. The van der Waals surface area contributed by atoms with Crippen LogP contribution in [0, 0.1) is 22.7 Å². The van der Waals surface area contributed by atoms with Crippen molar-refractivity contribution in [2.24, 2.45) is 22.7 Å². The van der Waals surface area contributed by atoms with E-state index in [0.717, 1.165) is 22.3 Å². The number of hydrogen-bond donors (Lipinski definition) is 0. The quantitative estimate of drug-likeness (QED) is 0.588. The van der Waals surface area contributed by atoms with Crippen LogP contribution in [0.4, 0.5) is 0 Å². The normalized spacial score (nSPS) is 30.1. The zero-order chi connectivity index (χ0) is 24.3. The van der Waals surface area contributed by atoms with E-state index in [4.69, 9.17) is 0 Å². The third-order valence-corrected chi connectivity index (χ3v) is 8.42. The van der Waals surface area contributed by atoms with Gasteiger partial charge in [-0.2, -0.15) is 0 Å². The highest BCUT2D eigenvalue weighted by Gasteiger charge is 2.80. The number of nitrogens with zero attached hydrogens (tertiary/aromatic N) is 2. The van der Waals surface area contributed by atoms with E-state index in [9.17, 15) is 14.4 Å². The number of imide groups is 1. The predicted octanol–water partition coefficient (Wildman–Crippen LogP) is 4.15. The Labute approximate surface area is 201 Å². The first kappa shape index (κ1) is 22.7. The average molecular weight is 457 g/mol. The fourth-order valence-electron chi connectivity index (χ4n) is 7.03. The smallest absolute Gasteiger partial charge is 0.234 e. The molecular formula is C29H32N2O3. The summed E-state index contributed by atoms with van der Waals surface area (Å²) >= 11 is 0. The SMILES string of the molecule is CCC12C(=O)C(CC)(C(c3ccccc3)=C1c1ccccc1)C1C(=O)N(CCN(C)C)C(=O)C12. The van der Waals surface area contributed by atoms with Gasteiger partial charge in [-0.05, 0) is 49.2 Å². The molecule has 1 aliphatic heterocycles. The molecule has 5 heteroatoms. The Hall–Kier alpha value is -3.05. The Balaban J connectivity index is 1.81. The number of fused-ring (bicyclic) bond motifs is 5. The molecule has 2 aromatic carbocycles. The van der Waals surface area contributed by atoms with Crippen LogP contribution >= 0.6 is 0 Å². The molecule has 2 fully saturated rings. The van der Waals surface area contributed by atoms with Crippen molar-refractivity contribution in [1.82, 2.24) is 9.80 Å². The summed E-state index contributed by atoms with van der Waals surface area (Å²) in [7, 11) is 3.87. The van der Waals surface area contributed by atoms with Crippen molar-refractivity contribution in [2.45, 2.75) is 26.7 Å². The van der Waals surface area contributed by atoms with Gasteiger partial charge in [-0.25, -0.2) is 0 Å². The van der Waals surface area contributed by atoms with Gasteiger partial charge in [0.25, 0.3) is 0 Å². The molecule has 3 aliphatic rings. The van der Waals surface area contributed by atoms with E-state index >= 15 is 0 Å². The van der Waals surface area contributed by atoms with E-state index in [1.54, 1.807) is 0 Å². The Morgan fingerprint density at radius 3 is 1.50 bits per heavy atom. The first-order chi connectivity index (χ1) is 16.4. The number of ketones is 1. The molecule has 176 valence electrons. The Morgan fingerprint density at radius 2 is 1.15 bits per heavy atom. The van der Waals surface area contributed by atoms with Gasteiger partial charge in [0.15, 0.2) is 5.78 Å². The summed E-state index contributed by atoms with van der Waals surface area (Å²) in [4.78, 5) is 45.8. The van der Waals surface area contributed by atoms with Crippen molar-refractivity contribution < 1.29 is 14.4 Å². The minimum atomic E-state index is -0.993. The monoisotopic (exact) mass is 456 g/mol. The van der Waals surface area contributed by atoms with Crippen LogP contribution in [0.5, 0.6) is 0 Å². The zero-order valence-corrected chi connectivity index (χ0v) is 20.4. The summed E-state index contributed by atoms with van der Waals surface area (Å²) in [6, 6.07) is 20.0. The third kappa shape index (κ3) is 2.67. The average Bonchev–Trinajstić information content (AvgIpc) is 3.34. The number of likely N-dealkylation sites (tertiary alicyclic amines) is 1. The first-order valence-corrected chi connectivity index (χ1v) is 12.3. The lowest BCUT2D eigenvalue weighted by atomic mass is 9.60. The minimum Gasteiger partial charge on any atom is -0.308 e. The molecule has 4 atom stereocenters. The summed E-state index contributed by atoms with van der Waals surface area (Å²) in [5, 5.41) is 0.